The van der Waals surface area contributed by atoms with Gasteiger partial charge >= 0.3 is 6.01 Å². The van der Waals surface area contributed by atoms with Crippen molar-refractivity contribution < 1.29 is 13.9 Å². The highest BCUT2D eigenvalue weighted by Gasteiger charge is 2.12. The summed E-state index contributed by atoms with van der Waals surface area (Å²) in [6.45, 7) is 5.48. The normalized spacial score (nSPS) is 12.3. The van der Waals surface area contributed by atoms with E-state index in [1.165, 1.54) is 0 Å². The van der Waals surface area contributed by atoms with Crippen LogP contribution in [0.15, 0.2) is 4.42 Å². The molecule has 0 radical (unpaired) electrons. The minimum absolute atomic E-state index is 0.0177. The van der Waals surface area contributed by atoms with Crippen LogP contribution in [0.2, 0.25) is 0 Å². The fourth-order valence-corrected chi connectivity index (χ4v) is 1.28. The van der Waals surface area contributed by atoms with Crippen LogP contribution in [-0.4, -0.2) is 42.4 Å². The van der Waals surface area contributed by atoms with Gasteiger partial charge in [0.1, 0.15) is 6.61 Å². The van der Waals surface area contributed by atoms with Crippen LogP contribution in [0.25, 0.3) is 0 Å². The standard InChI is InChI=1S/C10H19N5O3/c1-3-12-7(2)9-14-15-10(18-9)13-4-5-17-6-8(11)16/h7,12H,3-6H2,1-2H3,(H2,11,16)(H,13,15). The van der Waals surface area contributed by atoms with Crippen molar-refractivity contribution >= 4 is 11.9 Å². The number of nitrogens with zero attached hydrogens (tertiary/aromatic N) is 2. The zero-order chi connectivity index (χ0) is 13.4. The number of aromatic nitrogens is 2. The number of nitrogens with two attached hydrogens (primary N) is 1. The third-order valence-electron chi connectivity index (χ3n) is 2.09. The molecule has 1 amide bonds. The summed E-state index contributed by atoms with van der Waals surface area (Å²) >= 11 is 0. The van der Waals surface area contributed by atoms with Gasteiger partial charge in [0.15, 0.2) is 0 Å². The van der Waals surface area contributed by atoms with Crippen molar-refractivity contribution in [3.05, 3.63) is 5.89 Å². The Morgan fingerprint density at radius 3 is 3.00 bits per heavy atom. The maximum Gasteiger partial charge on any atom is 0.315 e. The second-order valence-corrected chi connectivity index (χ2v) is 3.67. The summed E-state index contributed by atoms with van der Waals surface area (Å²) in [4.78, 5) is 10.4. The van der Waals surface area contributed by atoms with E-state index < -0.39 is 5.91 Å². The van der Waals surface area contributed by atoms with Crippen LogP contribution in [-0.2, 0) is 9.53 Å². The Hall–Kier alpha value is -1.67. The van der Waals surface area contributed by atoms with Gasteiger partial charge in [0.05, 0.1) is 12.6 Å². The van der Waals surface area contributed by atoms with Crippen molar-refractivity contribution in [1.82, 2.24) is 15.5 Å². The van der Waals surface area contributed by atoms with Gasteiger partial charge in [0.2, 0.25) is 11.8 Å². The first-order valence-corrected chi connectivity index (χ1v) is 5.80. The van der Waals surface area contributed by atoms with Gasteiger partial charge < -0.3 is 25.5 Å². The van der Waals surface area contributed by atoms with Gasteiger partial charge in [-0.05, 0) is 13.5 Å². The van der Waals surface area contributed by atoms with Crippen LogP contribution in [0.1, 0.15) is 25.8 Å². The molecule has 8 heteroatoms. The predicted octanol–water partition coefficient (Wildman–Crippen LogP) is -0.346. The van der Waals surface area contributed by atoms with E-state index in [1.54, 1.807) is 0 Å². The van der Waals surface area contributed by atoms with E-state index in [4.69, 9.17) is 14.9 Å². The summed E-state index contributed by atoms with van der Waals surface area (Å²) in [5.74, 6) is 0.0342. The number of nitrogens with one attached hydrogen (secondary N) is 2. The number of anilines is 1. The first kappa shape index (κ1) is 14.4. The molecule has 18 heavy (non-hydrogen) atoms. The Morgan fingerprint density at radius 2 is 2.33 bits per heavy atom. The third kappa shape index (κ3) is 5.11. The highest BCUT2D eigenvalue weighted by Crippen LogP contribution is 2.12. The molecule has 0 bridgehead atoms. The van der Waals surface area contributed by atoms with E-state index in [0.29, 0.717) is 25.1 Å². The zero-order valence-electron chi connectivity index (χ0n) is 10.6. The molecule has 102 valence electrons. The van der Waals surface area contributed by atoms with Crippen LogP contribution < -0.4 is 16.4 Å². The smallest absolute Gasteiger partial charge is 0.315 e. The fourth-order valence-electron chi connectivity index (χ4n) is 1.28. The Labute approximate surface area is 105 Å². The SMILES string of the molecule is CCNC(C)c1nnc(NCCOCC(N)=O)o1. The van der Waals surface area contributed by atoms with Crippen molar-refractivity contribution in [3.63, 3.8) is 0 Å². The molecule has 0 aromatic carbocycles. The summed E-state index contributed by atoms with van der Waals surface area (Å²) in [5, 5.41) is 13.8. The highest BCUT2D eigenvalue weighted by molar-refractivity contribution is 5.74. The highest BCUT2D eigenvalue weighted by atomic mass is 16.5. The maximum atomic E-state index is 10.4. The predicted molar refractivity (Wildman–Crippen MR) is 64.9 cm³/mol. The molecule has 1 heterocycles. The zero-order valence-corrected chi connectivity index (χ0v) is 10.6. The van der Waals surface area contributed by atoms with E-state index >= 15 is 0 Å². The summed E-state index contributed by atoms with van der Waals surface area (Å²) in [7, 11) is 0. The Kier molecular flexibility index (Phi) is 6.09. The van der Waals surface area contributed by atoms with Gasteiger partial charge in [-0.3, -0.25) is 4.79 Å². The molecular formula is C10H19N5O3. The third-order valence-corrected chi connectivity index (χ3v) is 2.09. The first-order chi connectivity index (χ1) is 8.63. The molecule has 1 aromatic rings. The molecule has 0 spiro atoms. The molecule has 0 aliphatic rings. The largest absolute Gasteiger partial charge is 0.406 e. The number of ether oxygens (including phenoxy) is 1. The lowest BCUT2D eigenvalue weighted by Gasteiger charge is -2.06. The topological polar surface area (TPSA) is 115 Å². The average molecular weight is 257 g/mol. The molecule has 0 aliphatic carbocycles. The van der Waals surface area contributed by atoms with Crippen molar-refractivity contribution in [2.75, 3.05) is 31.6 Å². The second kappa shape index (κ2) is 7.62. The van der Waals surface area contributed by atoms with Crippen LogP contribution in [0.3, 0.4) is 0 Å². The Bertz CT molecular complexity index is 368. The van der Waals surface area contributed by atoms with E-state index in [2.05, 4.69) is 20.8 Å². The van der Waals surface area contributed by atoms with Crippen LogP contribution in [0, 0.1) is 0 Å². The summed E-state index contributed by atoms with van der Waals surface area (Å²) < 4.78 is 10.4. The molecule has 0 saturated heterocycles. The van der Waals surface area contributed by atoms with Crippen molar-refractivity contribution in [1.29, 1.82) is 0 Å². The van der Waals surface area contributed by atoms with Crippen LogP contribution in [0.4, 0.5) is 6.01 Å². The minimum Gasteiger partial charge on any atom is -0.406 e. The van der Waals surface area contributed by atoms with Crippen molar-refractivity contribution in [2.24, 2.45) is 5.73 Å². The molecule has 1 rings (SSSR count). The van der Waals surface area contributed by atoms with Crippen molar-refractivity contribution in [3.8, 4) is 0 Å². The van der Waals surface area contributed by atoms with Gasteiger partial charge in [-0.15, -0.1) is 5.10 Å². The molecule has 4 N–H and O–H groups in total. The van der Waals surface area contributed by atoms with Gasteiger partial charge in [0, 0.05) is 6.54 Å². The fraction of sp³-hybridized carbons (Fsp3) is 0.700. The lowest BCUT2D eigenvalue weighted by Crippen LogP contribution is -2.20. The van der Waals surface area contributed by atoms with Gasteiger partial charge in [-0.2, -0.15) is 0 Å². The lowest BCUT2D eigenvalue weighted by atomic mass is 10.3. The van der Waals surface area contributed by atoms with E-state index in [1.807, 2.05) is 13.8 Å². The number of carbonyl (C=O) groups excluding carboxylic acids is 1. The van der Waals surface area contributed by atoms with Gasteiger partial charge in [-0.25, -0.2) is 0 Å². The molecule has 1 unspecified atom stereocenters. The number of amides is 1. The van der Waals surface area contributed by atoms with Crippen molar-refractivity contribution in [2.45, 2.75) is 19.9 Å². The summed E-state index contributed by atoms with van der Waals surface area (Å²) in [6.07, 6.45) is 0. The molecule has 1 atom stereocenters. The molecule has 0 fully saturated rings. The summed E-state index contributed by atoms with van der Waals surface area (Å²) in [6, 6.07) is 0.349. The van der Waals surface area contributed by atoms with E-state index in [9.17, 15) is 4.79 Å². The molecule has 1 aromatic heterocycles. The van der Waals surface area contributed by atoms with Crippen LogP contribution in [0.5, 0.6) is 0 Å². The second-order valence-electron chi connectivity index (χ2n) is 3.67. The molecule has 0 aliphatic heterocycles. The quantitative estimate of drug-likeness (QED) is 0.518. The number of hydrogen-bond acceptors (Lipinski definition) is 7. The maximum absolute atomic E-state index is 10.4. The Balaban J connectivity index is 2.24. The monoisotopic (exact) mass is 257 g/mol. The first-order valence-electron chi connectivity index (χ1n) is 5.80. The Morgan fingerprint density at radius 1 is 1.56 bits per heavy atom. The van der Waals surface area contributed by atoms with Crippen LogP contribution >= 0.6 is 0 Å². The van der Waals surface area contributed by atoms with E-state index in [0.717, 1.165) is 6.54 Å². The average Bonchev–Trinajstić information content (AvgIpc) is 2.77. The lowest BCUT2D eigenvalue weighted by molar-refractivity contribution is -0.122. The number of carbonyl (C=O) groups is 1. The van der Waals surface area contributed by atoms with Gasteiger partial charge in [0.25, 0.3) is 0 Å². The summed E-state index contributed by atoms with van der Waals surface area (Å²) in [5.41, 5.74) is 4.92. The van der Waals surface area contributed by atoms with Gasteiger partial charge in [-0.1, -0.05) is 12.0 Å². The van der Waals surface area contributed by atoms with E-state index in [-0.39, 0.29) is 12.6 Å². The number of primary amides is 1. The number of rotatable bonds is 9. The number of hydrogen-bond donors (Lipinski definition) is 3. The molecular weight excluding hydrogens is 238 g/mol. The molecule has 0 saturated carbocycles. The minimum atomic E-state index is -0.491. The molecule has 8 nitrogen and oxygen atoms in total.